The van der Waals surface area contributed by atoms with Crippen LogP contribution in [0.2, 0.25) is 0 Å². The number of anilines is 1. The van der Waals surface area contributed by atoms with E-state index in [0.29, 0.717) is 28.2 Å². The Morgan fingerprint density at radius 3 is 2.57 bits per heavy atom. The number of furan rings is 1. The Bertz CT molecular complexity index is 1100. The summed E-state index contributed by atoms with van der Waals surface area (Å²) >= 11 is 0. The lowest BCUT2D eigenvalue weighted by atomic mass is 9.83. The van der Waals surface area contributed by atoms with Gasteiger partial charge < -0.3 is 19.4 Å². The topological polar surface area (TPSA) is 71.8 Å². The first-order chi connectivity index (χ1) is 14.6. The number of carbonyl (C=O) groups excluding carboxylic acids is 2. The van der Waals surface area contributed by atoms with Gasteiger partial charge in [0.1, 0.15) is 5.76 Å². The number of ketones is 1. The SMILES string of the molecule is COC(=O)C1=C(C)NC2=C(C(=O)c3ccccc32)[C@H]1c1ccc(N2CCCCC2)o1. The second-order valence-corrected chi connectivity index (χ2v) is 7.98. The molecule has 1 aliphatic carbocycles. The number of carbonyl (C=O) groups is 2. The molecule has 6 nitrogen and oxygen atoms in total. The highest BCUT2D eigenvalue weighted by molar-refractivity contribution is 6.23. The molecule has 0 bridgehead atoms. The van der Waals surface area contributed by atoms with Crippen LogP contribution in [-0.4, -0.2) is 32.0 Å². The van der Waals surface area contributed by atoms with Crippen molar-refractivity contribution in [1.82, 2.24) is 5.32 Å². The largest absolute Gasteiger partial charge is 0.466 e. The van der Waals surface area contributed by atoms with Gasteiger partial charge in [-0.3, -0.25) is 4.79 Å². The minimum atomic E-state index is -0.604. The van der Waals surface area contributed by atoms with E-state index < -0.39 is 11.9 Å². The molecule has 0 spiro atoms. The molecule has 0 radical (unpaired) electrons. The molecule has 6 heteroatoms. The highest BCUT2D eigenvalue weighted by Gasteiger charge is 2.44. The van der Waals surface area contributed by atoms with Crippen LogP contribution in [0.15, 0.2) is 57.7 Å². The number of Topliss-reactive ketones (excluding diaryl/α,β-unsaturated/α-hetero) is 1. The second kappa shape index (κ2) is 7.20. The predicted octanol–water partition coefficient (Wildman–Crippen LogP) is 4.01. The number of hydrogen-bond donors (Lipinski definition) is 1. The molecule has 0 amide bonds. The van der Waals surface area contributed by atoms with Crippen molar-refractivity contribution in [3.63, 3.8) is 0 Å². The van der Waals surface area contributed by atoms with Crippen molar-refractivity contribution in [3.8, 4) is 0 Å². The van der Waals surface area contributed by atoms with E-state index in [4.69, 9.17) is 9.15 Å². The Hall–Kier alpha value is -3.28. The molecule has 0 unspecified atom stereocenters. The molecule has 1 aromatic carbocycles. The van der Waals surface area contributed by atoms with Gasteiger partial charge in [-0.05, 0) is 32.3 Å². The highest BCUT2D eigenvalue weighted by atomic mass is 16.5. The maximum atomic E-state index is 13.4. The minimum absolute atomic E-state index is 0.0806. The van der Waals surface area contributed by atoms with Crippen molar-refractivity contribution in [3.05, 3.63) is 70.1 Å². The molecule has 1 atom stereocenters. The first kappa shape index (κ1) is 18.7. The molecule has 1 aromatic heterocycles. The minimum Gasteiger partial charge on any atom is -0.466 e. The van der Waals surface area contributed by atoms with Gasteiger partial charge in [0.25, 0.3) is 0 Å². The van der Waals surface area contributed by atoms with Gasteiger partial charge in [0.15, 0.2) is 11.7 Å². The van der Waals surface area contributed by atoms with Crippen LogP contribution in [0.5, 0.6) is 0 Å². The van der Waals surface area contributed by atoms with Gasteiger partial charge in [-0.1, -0.05) is 24.3 Å². The number of esters is 1. The lowest BCUT2D eigenvalue weighted by Gasteiger charge is -2.28. The standard InChI is InChI=1S/C24H24N2O4/c1-14-19(24(28)29-2)20(17-10-11-18(30-17)26-12-6-3-7-13-26)21-22(25-14)15-8-4-5-9-16(15)23(21)27/h4-5,8-11,20,25H,3,6-7,12-13H2,1-2H3/t20-/m0/s1. The summed E-state index contributed by atoms with van der Waals surface area (Å²) in [6, 6.07) is 11.3. The van der Waals surface area contributed by atoms with Crippen molar-refractivity contribution < 1.29 is 18.7 Å². The normalized spacial score (nSPS) is 20.8. The maximum absolute atomic E-state index is 13.4. The molecule has 1 saturated heterocycles. The van der Waals surface area contributed by atoms with Crippen molar-refractivity contribution in [1.29, 1.82) is 0 Å². The molecule has 154 valence electrons. The molecule has 3 aliphatic rings. The zero-order valence-electron chi connectivity index (χ0n) is 17.2. The second-order valence-electron chi connectivity index (χ2n) is 7.98. The summed E-state index contributed by atoms with van der Waals surface area (Å²) in [6.45, 7) is 3.75. The lowest BCUT2D eigenvalue weighted by Crippen LogP contribution is -2.29. The first-order valence-corrected chi connectivity index (χ1v) is 10.4. The van der Waals surface area contributed by atoms with Gasteiger partial charge in [-0.25, -0.2) is 4.79 Å². The summed E-state index contributed by atoms with van der Waals surface area (Å²) in [4.78, 5) is 28.3. The number of methoxy groups -OCH3 is 1. The molecule has 5 rings (SSSR count). The smallest absolute Gasteiger partial charge is 0.336 e. The Labute approximate surface area is 175 Å². The number of nitrogens with one attached hydrogen (secondary N) is 1. The number of benzene rings is 1. The number of nitrogens with zero attached hydrogens (tertiary/aromatic N) is 1. The van der Waals surface area contributed by atoms with Crippen molar-refractivity contribution >= 4 is 23.3 Å². The third-order valence-electron chi connectivity index (χ3n) is 6.22. The van der Waals surface area contributed by atoms with Crippen LogP contribution in [0.4, 0.5) is 5.88 Å². The van der Waals surface area contributed by atoms with E-state index in [0.717, 1.165) is 43.1 Å². The van der Waals surface area contributed by atoms with Gasteiger partial charge in [0, 0.05) is 41.6 Å². The van der Waals surface area contributed by atoms with Crippen molar-refractivity contribution in [2.45, 2.75) is 32.1 Å². The summed E-state index contributed by atoms with van der Waals surface area (Å²) in [5.74, 6) is 0.229. The number of allylic oxidation sites excluding steroid dienone is 2. The number of fused-ring (bicyclic) bond motifs is 2. The first-order valence-electron chi connectivity index (χ1n) is 10.4. The van der Waals surface area contributed by atoms with E-state index in [1.165, 1.54) is 13.5 Å². The Kier molecular flexibility index (Phi) is 4.50. The lowest BCUT2D eigenvalue weighted by molar-refractivity contribution is -0.136. The van der Waals surface area contributed by atoms with Crippen LogP contribution >= 0.6 is 0 Å². The molecule has 30 heavy (non-hydrogen) atoms. The van der Waals surface area contributed by atoms with Crippen LogP contribution in [-0.2, 0) is 9.53 Å². The fourth-order valence-corrected chi connectivity index (χ4v) is 4.78. The molecule has 1 N–H and O–H groups in total. The molecule has 2 aliphatic heterocycles. The van der Waals surface area contributed by atoms with E-state index in [1.807, 2.05) is 43.3 Å². The number of rotatable bonds is 3. The maximum Gasteiger partial charge on any atom is 0.336 e. The molecule has 0 saturated carbocycles. The van der Waals surface area contributed by atoms with E-state index >= 15 is 0 Å². The quantitative estimate of drug-likeness (QED) is 0.780. The fourth-order valence-electron chi connectivity index (χ4n) is 4.78. The Morgan fingerprint density at radius 2 is 1.83 bits per heavy atom. The molecule has 2 aromatic rings. The van der Waals surface area contributed by atoms with Gasteiger partial charge in [-0.2, -0.15) is 0 Å². The van der Waals surface area contributed by atoms with Gasteiger partial charge >= 0.3 is 5.97 Å². The average Bonchev–Trinajstić information content (AvgIpc) is 3.37. The molecular weight excluding hydrogens is 380 g/mol. The van der Waals surface area contributed by atoms with Gasteiger partial charge in [0.2, 0.25) is 0 Å². The van der Waals surface area contributed by atoms with Crippen molar-refractivity contribution in [2.75, 3.05) is 25.1 Å². The van der Waals surface area contributed by atoms with Crippen LogP contribution in [0.1, 0.15) is 53.8 Å². The summed E-state index contributed by atoms with van der Waals surface area (Å²) < 4.78 is 11.3. The monoisotopic (exact) mass is 404 g/mol. The number of hydrogen-bond acceptors (Lipinski definition) is 6. The summed E-state index contributed by atoms with van der Waals surface area (Å²) in [7, 11) is 1.36. The molecule has 1 fully saturated rings. The van der Waals surface area contributed by atoms with Gasteiger partial charge in [-0.15, -0.1) is 0 Å². The number of dihydropyridines is 1. The van der Waals surface area contributed by atoms with Crippen molar-refractivity contribution in [2.24, 2.45) is 0 Å². The summed E-state index contributed by atoms with van der Waals surface area (Å²) in [5.41, 5.74) is 3.88. The summed E-state index contributed by atoms with van der Waals surface area (Å²) in [5, 5.41) is 3.29. The zero-order valence-corrected chi connectivity index (χ0v) is 17.2. The summed E-state index contributed by atoms with van der Waals surface area (Å²) in [6.07, 6.45) is 3.51. The number of ether oxygens (including phenoxy) is 1. The molecule has 3 heterocycles. The Balaban J connectivity index is 1.63. The highest BCUT2D eigenvalue weighted by Crippen LogP contribution is 2.47. The molecular formula is C24H24N2O4. The van der Waals surface area contributed by atoms with Crippen LogP contribution < -0.4 is 10.2 Å². The van der Waals surface area contributed by atoms with E-state index in [1.54, 1.807) is 0 Å². The predicted molar refractivity (Wildman–Crippen MR) is 113 cm³/mol. The fraction of sp³-hybridized carbons (Fsp3) is 0.333. The third kappa shape index (κ3) is 2.78. The van der Waals surface area contributed by atoms with Crippen LogP contribution in [0.25, 0.3) is 5.70 Å². The van der Waals surface area contributed by atoms with E-state index in [2.05, 4.69) is 10.2 Å². The Morgan fingerprint density at radius 1 is 1.10 bits per heavy atom. The zero-order chi connectivity index (χ0) is 20.8. The van der Waals surface area contributed by atoms with Crippen LogP contribution in [0, 0.1) is 0 Å². The van der Waals surface area contributed by atoms with Crippen LogP contribution in [0.3, 0.4) is 0 Å². The van der Waals surface area contributed by atoms with E-state index in [-0.39, 0.29) is 5.78 Å². The van der Waals surface area contributed by atoms with E-state index in [9.17, 15) is 9.59 Å². The van der Waals surface area contributed by atoms with Gasteiger partial charge in [0.05, 0.1) is 24.3 Å². The average molecular weight is 404 g/mol. The number of piperidine rings is 1. The third-order valence-corrected chi connectivity index (χ3v) is 6.22.